The second kappa shape index (κ2) is 15.1. The number of aromatic nitrogens is 2. The molecule has 0 saturated carbocycles. The van der Waals surface area contributed by atoms with Crippen LogP contribution in [-0.4, -0.2) is 80.7 Å². The van der Waals surface area contributed by atoms with Crippen molar-refractivity contribution < 1.29 is 29.4 Å². The Balaban J connectivity index is 2.94. The number of amides is 3. The fourth-order valence-corrected chi connectivity index (χ4v) is 3.38. The molecular formula is C22H39N7O6. The number of nitrogens with one attached hydrogen (secondary N) is 4. The summed E-state index contributed by atoms with van der Waals surface area (Å²) in [6, 6.07) is -4.51. The summed E-state index contributed by atoms with van der Waals surface area (Å²) in [5.74, 6) is -3.32. The topological polar surface area (TPSA) is 226 Å². The van der Waals surface area contributed by atoms with Crippen molar-refractivity contribution >= 4 is 23.7 Å². The molecule has 1 heterocycles. The Labute approximate surface area is 204 Å². The number of aliphatic hydroxyl groups is 1. The van der Waals surface area contributed by atoms with E-state index in [-0.39, 0.29) is 25.2 Å². The van der Waals surface area contributed by atoms with Crippen LogP contribution in [0.4, 0.5) is 0 Å². The fourth-order valence-electron chi connectivity index (χ4n) is 3.38. The van der Waals surface area contributed by atoms with Crippen molar-refractivity contribution in [2.24, 2.45) is 17.4 Å². The van der Waals surface area contributed by atoms with Crippen molar-refractivity contribution in [1.29, 1.82) is 0 Å². The average molecular weight is 498 g/mol. The van der Waals surface area contributed by atoms with Crippen LogP contribution in [0.2, 0.25) is 0 Å². The maximum Gasteiger partial charge on any atom is 0.328 e. The van der Waals surface area contributed by atoms with Crippen molar-refractivity contribution in [2.45, 2.75) is 83.1 Å². The van der Waals surface area contributed by atoms with Crippen LogP contribution in [0.3, 0.4) is 0 Å². The van der Waals surface area contributed by atoms with E-state index in [2.05, 4.69) is 25.9 Å². The number of nitrogens with two attached hydrogens (primary N) is 2. The van der Waals surface area contributed by atoms with Gasteiger partial charge in [-0.25, -0.2) is 9.78 Å². The van der Waals surface area contributed by atoms with Crippen LogP contribution in [0.1, 0.15) is 52.1 Å². The molecule has 5 atom stereocenters. The number of carboxylic acid groups (broad SMARTS) is 1. The summed E-state index contributed by atoms with van der Waals surface area (Å²) in [4.78, 5) is 56.7. The molecule has 1 aromatic heterocycles. The van der Waals surface area contributed by atoms with Crippen LogP contribution in [0.5, 0.6) is 0 Å². The predicted octanol–water partition coefficient (Wildman–Crippen LogP) is -1.63. The number of H-pyrrole nitrogens is 1. The van der Waals surface area contributed by atoms with Gasteiger partial charge in [0.1, 0.15) is 12.1 Å². The molecule has 0 bridgehead atoms. The van der Waals surface area contributed by atoms with E-state index in [1.54, 1.807) is 6.20 Å². The highest BCUT2D eigenvalue weighted by molar-refractivity contribution is 5.94. The second-order valence-corrected chi connectivity index (χ2v) is 8.99. The molecule has 13 heteroatoms. The van der Waals surface area contributed by atoms with E-state index in [1.165, 1.54) is 13.3 Å². The first-order valence-electron chi connectivity index (χ1n) is 11.7. The summed E-state index contributed by atoms with van der Waals surface area (Å²) in [7, 11) is 0. The third kappa shape index (κ3) is 10.8. The Kier molecular flexibility index (Phi) is 12.9. The SMILES string of the molecule is CC(C)CC(NC(=O)C(CCCCN)NC(=O)C(N)Cc1cnc[nH]1)C(=O)NC(C(=O)O)C(C)O. The lowest BCUT2D eigenvalue weighted by molar-refractivity contribution is -0.145. The number of aromatic amines is 1. The Morgan fingerprint density at radius 1 is 1.03 bits per heavy atom. The maximum atomic E-state index is 13.1. The molecule has 0 aliphatic rings. The molecule has 0 aliphatic carbocycles. The molecule has 5 unspecified atom stereocenters. The summed E-state index contributed by atoms with van der Waals surface area (Å²) < 4.78 is 0. The Morgan fingerprint density at radius 2 is 1.66 bits per heavy atom. The van der Waals surface area contributed by atoms with Crippen LogP contribution in [0.25, 0.3) is 0 Å². The number of nitrogens with zero attached hydrogens (tertiary/aromatic N) is 1. The molecule has 0 fully saturated rings. The Hall–Kier alpha value is -3.03. The number of imidazole rings is 1. The second-order valence-electron chi connectivity index (χ2n) is 8.99. The minimum atomic E-state index is -1.53. The van der Waals surface area contributed by atoms with Gasteiger partial charge in [-0.05, 0) is 45.1 Å². The van der Waals surface area contributed by atoms with Crippen molar-refractivity contribution in [3.63, 3.8) is 0 Å². The van der Waals surface area contributed by atoms with E-state index in [9.17, 15) is 29.4 Å². The van der Waals surface area contributed by atoms with Gasteiger partial charge in [-0.2, -0.15) is 0 Å². The highest BCUT2D eigenvalue weighted by Gasteiger charge is 2.32. The molecule has 35 heavy (non-hydrogen) atoms. The largest absolute Gasteiger partial charge is 0.480 e. The molecule has 1 aromatic rings. The summed E-state index contributed by atoms with van der Waals surface area (Å²) in [6.07, 6.45) is 3.53. The number of aliphatic carboxylic acids is 1. The molecule has 0 radical (unpaired) electrons. The van der Waals surface area contributed by atoms with E-state index >= 15 is 0 Å². The molecule has 198 valence electrons. The van der Waals surface area contributed by atoms with Gasteiger partial charge in [-0.15, -0.1) is 0 Å². The Bertz CT molecular complexity index is 815. The number of carbonyl (C=O) groups excluding carboxylic acids is 3. The molecule has 0 aromatic carbocycles. The van der Waals surface area contributed by atoms with Crippen molar-refractivity contribution in [1.82, 2.24) is 25.9 Å². The third-order valence-electron chi connectivity index (χ3n) is 5.30. The third-order valence-corrected chi connectivity index (χ3v) is 5.30. The summed E-state index contributed by atoms with van der Waals surface area (Å²) in [5, 5.41) is 26.5. The number of hydrogen-bond donors (Lipinski definition) is 8. The molecule has 0 aliphatic heterocycles. The molecule has 0 spiro atoms. The van der Waals surface area contributed by atoms with Crippen LogP contribution in [-0.2, 0) is 25.6 Å². The molecular weight excluding hydrogens is 458 g/mol. The van der Waals surface area contributed by atoms with Crippen LogP contribution in [0, 0.1) is 5.92 Å². The summed E-state index contributed by atoms with van der Waals surface area (Å²) in [5.41, 5.74) is 12.2. The lowest BCUT2D eigenvalue weighted by atomic mass is 10.0. The number of hydrogen-bond acceptors (Lipinski definition) is 8. The van der Waals surface area contributed by atoms with Gasteiger partial charge in [0.15, 0.2) is 6.04 Å². The number of unbranched alkanes of at least 4 members (excludes halogenated alkanes) is 1. The quantitative estimate of drug-likeness (QED) is 0.123. The van der Waals surface area contributed by atoms with E-state index in [1.807, 2.05) is 13.8 Å². The lowest BCUT2D eigenvalue weighted by Gasteiger charge is -2.26. The van der Waals surface area contributed by atoms with Gasteiger partial charge in [0.2, 0.25) is 17.7 Å². The van der Waals surface area contributed by atoms with Crippen molar-refractivity contribution in [3.8, 4) is 0 Å². The fraction of sp³-hybridized carbons (Fsp3) is 0.682. The first kappa shape index (κ1) is 30.0. The Morgan fingerprint density at radius 3 is 2.17 bits per heavy atom. The smallest absolute Gasteiger partial charge is 0.328 e. The molecule has 1 rings (SSSR count). The first-order chi connectivity index (χ1) is 16.5. The van der Waals surface area contributed by atoms with E-state index in [0.717, 1.165) is 0 Å². The van der Waals surface area contributed by atoms with Gasteiger partial charge >= 0.3 is 5.97 Å². The number of carboxylic acids is 1. The summed E-state index contributed by atoms with van der Waals surface area (Å²) >= 11 is 0. The van der Waals surface area contributed by atoms with Crippen LogP contribution >= 0.6 is 0 Å². The normalized spacial score (nSPS) is 15.5. The van der Waals surface area contributed by atoms with Crippen LogP contribution in [0.15, 0.2) is 12.5 Å². The number of carbonyl (C=O) groups is 4. The summed E-state index contributed by atoms with van der Waals surface area (Å²) in [6.45, 7) is 5.33. The van der Waals surface area contributed by atoms with Gasteiger partial charge in [-0.1, -0.05) is 13.8 Å². The van der Waals surface area contributed by atoms with Crippen LogP contribution < -0.4 is 27.4 Å². The van der Waals surface area contributed by atoms with Gasteiger partial charge < -0.3 is 42.6 Å². The highest BCUT2D eigenvalue weighted by Crippen LogP contribution is 2.09. The van der Waals surface area contributed by atoms with E-state index in [4.69, 9.17) is 11.5 Å². The molecule has 3 amide bonds. The average Bonchev–Trinajstić information content (AvgIpc) is 3.28. The first-order valence-corrected chi connectivity index (χ1v) is 11.7. The van der Waals surface area contributed by atoms with E-state index < -0.39 is 54.0 Å². The van der Waals surface area contributed by atoms with Crippen molar-refractivity contribution in [3.05, 3.63) is 18.2 Å². The molecule has 13 nitrogen and oxygen atoms in total. The van der Waals surface area contributed by atoms with Gasteiger partial charge in [0.25, 0.3) is 0 Å². The monoisotopic (exact) mass is 497 g/mol. The van der Waals surface area contributed by atoms with E-state index in [0.29, 0.717) is 25.1 Å². The molecule has 10 N–H and O–H groups in total. The minimum Gasteiger partial charge on any atom is -0.480 e. The zero-order valence-corrected chi connectivity index (χ0v) is 20.5. The number of rotatable bonds is 16. The predicted molar refractivity (Wildman–Crippen MR) is 128 cm³/mol. The number of aliphatic hydroxyl groups excluding tert-OH is 1. The van der Waals surface area contributed by atoms with Crippen molar-refractivity contribution in [2.75, 3.05) is 6.54 Å². The lowest BCUT2D eigenvalue weighted by Crippen LogP contribution is -2.58. The van der Waals surface area contributed by atoms with Gasteiger partial charge in [0, 0.05) is 18.3 Å². The zero-order chi connectivity index (χ0) is 26.5. The maximum absolute atomic E-state index is 13.1. The highest BCUT2D eigenvalue weighted by atomic mass is 16.4. The standard InChI is InChI=1S/C22H39N7O6/c1-12(2)8-17(21(33)29-18(13(3)30)22(34)35)28-20(32)16(6-4-5-7-23)27-19(31)15(24)9-14-10-25-11-26-14/h10-13,15-18,30H,4-9,23-24H2,1-3H3,(H,25,26)(H,27,31)(H,28,32)(H,29,33)(H,34,35). The molecule has 0 saturated heterocycles. The van der Waals surface area contributed by atoms with Gasteiger partial charge in [-0.3, -0.25) is 14.4 Å². The van der Waals surface area contributed by atoms with Gasteiger partial charge in [0.05, 0.1) is 18.5 Å². The minimum absolute atomic E-state index is 0.0195. The zero-order valence-electron chi connectivity index (χ0n) is 20.5.